The van der Waals surface area contributed by atoms with Gasteiger partial charge in [0.25, 0.3) is 5.91 Å². The highest BCUT2D eigenvalue weighted by Gasteiger charge is 2.34. The number of nitrogens with zero attached hydrogens (tertiary/aromatic N) is 4. The molecule has 1 fully saturated rings. The Morgan fingerprint density at radius 1 is 1.05 bits per heavy atom. The van der Waals surface area contributed by atoms with Gasteiger partial charge in [-0.2, -0.15) is 13.2 Å². The summed E-state index contributed by atoms with van der Waals surface area (Å²) in [6.07, 6.45) is 1.34. The van der Waals surface area contributed by atoms with E-state index in [-0.39, 0.29) is 24.2 Å². The van der Waals surface area contributed by atoms with Crippen molar-refractivity contribution in [2.24, 2.45) is 0 Å². The number of benzene rings is 1. The number of piperidine rings is 1. The van der Waals surface area contributed by atoms with Crippen LogP contribution in [-0.2, 0) is 12.7 Å². The zero-order valence-electron chi connectivity index (χ0n) is 19.6. The monoisotopic (exact) mass is 508 g/mol. The molecule has 1 aromatic carbocycles. The predicted octanol–water partition coefficient (Wildman–Crippen LogP) is 4.36. The van der Waals surface area contributed by atoms with E-state index in [4.69, 9.17) is 0 Å². The van der Waals surface area contributed by atoms with Crippen LogP contribution in [0.15, 0.2) is 55.0 Å². The van der Waals surface area contributed by atoms with Gasteiger partial charge in [0.1, 0.15) is 11.5 Å². The molecule has 0 spiro atoms. The first-order valence-corrected chi connectivity index (χ1v) is 11.9. The fourth-order valence-corrected chi connectivity index (χ4v) is 5.03. The summed E-state index contributed by atoms with van der Waals surface area (Å²) in [4.78, 5) is 23.5. The third-order valence-electron chi connectivity index (χ3n) is 6.92. The minimum atomic E-state index is -4.53. The maximum absolute atomic E-state index is 13.5. The van der Waals surface area contributed by atoms with Gasteiger partial charge in [0.15, 0.2) is 0 Å². The third-order valence-corrected chi connectivity index (χ3v) is 6.92. The van der Waals surface area contributed by atoms with Crippen LogP contribution in [0.25, 0.3) is 16.9 Å². The molecule has 6 rings (SSSR count). The van der Waals surface area contributed by atoms with Gasteiger partial charge in [0.2, 0.25) is 0 Å². The molecule has 1 amide bonds. The Morgan fingerprint density at radius 3 is 2.59 bits per heavy atom. The van der Waals surface area contributed by atoms with E-state index in [9.17, 15) is 23.1 Å². The molecule has 0 unspecified atom stereocenters. The second-order valence-corrected chi connectivity index (χ2v) is 9.20. The Morgan fingerprint density at radius 2 is 1.86 bits per heavy atom. The number of rotatable bonds is 4. The van der Waals surface area contributed by atoms with Gasteiger partial charge >= 0.3 is 6.18 Å². The Bertz CT molecular complexity index is 1490. The summed E-state index contributed by atoms with van der Waals surface area (Å²) in [6.45, 7) is 1.77. The molecule has 0 saturated carbocycles. The molecule has 1 saturated heterocycles. The summed E-state index contributed by atoms with van der Waals surface area (Å²) >= 11 is 0. The van der Waals surface area contributed by atoms with Crippen LogP contribution in [-0.4, -0.2) is 44.6 Å². The fourth-order valence-electron chi connectivity index (χ4n) is 5.03. The molecule has 0 radical (unpaired) electrons. The van der Waals surface area contributed by atoms with Crippen LogP contribution in [0.2, 0.25) is 0 Å². The molecule has 8 nitrogen and oxygen atoms in total. The number of aliphatic hydroxyl groups is 1. The summed E-state index contributed by atoms with van der Waals surface area (Å²) in [5.74, 6) is 0.285. The average molecular weight is 509 g/mol. The molecule has 190 valence electrons. The smallest absolute Gasteiger partial charge is 0.393 e. The number of hydrogen-bond acceptors (Lipinski definition) is 6. The van der Waals surface area contributed by atoms with Crippen LogP contribution < -0.4 is 15.5 Å². The van der Waals surface area contributed by atoms with E-state index in [1.54, 1.807) is 18.3 Å². The van der Waals surface area contributed by atoms with Gasteiger partial charge in [-0.15, -0.1) is 0 Å². The zero-order chi connectivity index (χ0) is 25.7. The highest BCUT2D eigenvalue weighted by molar-refractivity contribution is 6.06. The normalized spacial score (nSPS) is 16.2. The number of fused-ring (bicyclic) bond motifs is 2. The molecule has 3 aromatic heterocycles. The van der Waals surface area contributed by atoms with Crippen molar-refractivity contribution in [3.8, 4) is 11.3 Å². The quantitative estimate of drug-likeness (QED) is 0.379. The Balaban J connectivity index is 1.32. The van der Waals surface area contributed by atoms with E-state index in [2.05, 4.69) is 25.5 Å². The van der Waals surface area contributed by atoms with Crippen LogP contribution in [0.3, 0.4) is 0 Å². The minimum Gasteiger partial charge on any atom is -0.393 e. The number of carbonyl (C=O) groups is 1. The number of imidazole rings is 1. The van der Waals surface area contributed by atoms with Crippen molar-refractivity contribution in [2.75, 3.05) is 23.3 Å². The molecule has 0 bridgehead atoms. The maximum Gasteiger partial charge on any atom is 0.419 e. The van der Waals surface area contributed by atoms with E-state index in [1.807, 2.05) is 12.1 Å². The van der Waals surface area contributed by atoms with Crippen molar-refractivity contribution in [3.63, 3.8) is 0 Å². The predicted molar refractivity (Wildman–Crippen MR) is 132 cm³/mol. The highest BCUT2D eigenvalue weighted by atomic mass is 19.4. The summed E-state index contributed by atoms with van der Waals surface area (Å²) < 4.78 is 41.8. The van der Waals surface area contributed by atoms with Gasteiger partial charge in [-0.1, -0.05) is 6.07 Å². The van der Waals surface area contributed by atoms with Crippen LogP contribution >= 0.6 is 0 Å². The van der Waals surface area contributed by atoms with Gasteiger partial charge < -0.3 is 20.6 Å². The van der Waals surface area contributed by atoms with Crippen molar-refractivity contribution in [3.05, 3.63) is 71.7 Å². The molecule has 2 aliphatic rings. The number of amides is 1. The molecule has 37 heavy (non-hydrogen) atoms. The molecular formula is C26H23F3N6O2. The zero-order valence-corrected chi connectivity index (χ0v) is 19.6. The molecule has 5 heterocycles. The molecule has 11 heteroatoms. The average Bonchev–Trinajstić information content (AvgIpc) is 3.49. The van der Waals surface area contributed by atoms with Gasteiger partial charge in [0.05, 0.1) is 46.7 Å². The fraction of sp³-hybridized carbons (Fsp3) is 0.269. The number of hydrogen-bond donors (Lipinski definition) is 3. The van der Waals surface area contributed by atoms with Crippen LogP contribution in [0.5, 0.6) is 0 Å². The lowest BCUT2D eigenvalue weighted by molar-refractivity contribution is -0.136. The standard InChI is InChI=1S/C26H23F3N6O2/c27-26(28,29)19-2-1-9-35-21(14-31-24(19)35)17-4-5-20(23-18(17)13-32-25(23)37)33-22-6-3-15(12-30-22)34-10-7-16(36)8-11-34/h1-6,9,12,14,16,36H,7-8,10-11,13H2,(H,30,33)(H,32,37). The lowest BCUT2D eigenvalue weighted by Crippen LogP contribution is -2.35. The second kappa shape index (κ2) is 8.77. The number of halogens is 3. The van der Waals surface area contributed by atoms with E-state index < -0.39 is 11.7 Å². The van der Waals surface area contributed by atoms with Crippen molar-refractivity contribution < 1.29 is 23.1 Å². The number of carbonyl (C=O) groups excluding carboxylic acids is 1. The third kappa shape index (κ3) is 4.14. The number of aliphatic hydroxyl groups excluding tert-OH is 1. The van der Waals surface area contributed by atoms with Crippen molar-refractivity contribution >= 4 is 28.7 Å². The Hall–Kier alpha value is -4.12. The first kappa shape index (κ1) is 23.3. The number of alkyl halides is 3. The second-order valence-electron chi connectivity index (χ2n) is 9.20. The van der Waals surface area contributed by atoms with Crippen LogP contribution in [0, 0.1) is 0 Å². The highest BCUT2D eigenvalue weighted by Crippen LogP contribution is 2.38. The molecule has 2 aliphatic heterocycles. The number of pyridine rings is 2. The van der Waals surface area contributed by atoms with E-state index in [1.165, 1.54) is 22.9 Å². The van der Waals surface area contributed by atoms with E-state index >= 15 is 0 Å². The van der Waals surface area contributed by atoms with Gasteiger partial charge in [-0.3, -0.25) is 9.20 Å². The SMILES string of the molecule is O=C1NCc2c(-c3cnc4c(C(F)(F)F)cccn34)ccc(Nc3ccc(N4CCC(O)CC4)cn3)c21. The van der Waals surface area contributed by atoms with Crippen molar-refractivity contribution in [1.82, 2.24) is 19.7 Å². The first-order valence-electron chi connectivity index (χ1n) is 11.9. The first-order chi connectivity index (χ1) is 17.8. The largest absolute Gasteiger partial charge is 0.419 e. The summed E-state index contributed by atoms with van der Waals surface area (Å²) in [5.41, 5.74) is 2.71. The van der Waals surface area contributed by atoms with E-state index in [0.29, 0.717) is 33.9 Å². The lowest BCUT2D eigenvalue weighted by Gasteiger charge is -2.31. The molecule has 0 atom stereocenters. The topological polar surface area (TPSA) is 94.8 Å². The Kier molecular flexibility index (Phi) is 5.52. The van der Waals surface area contributed by atoms with Gasteiger partial charge in [-0.25, -0.2) is 9.97 Å². The summed E-state index contributed by atoms with van der Waals surface area (Å²) in [5, 5.41) is 15.7. The molecule has 3 N–H and O–H groups in total. The lowest BCUT2D eigenvalue weighted by atomic mass is 9.99. The molecular weight excluding hydrogens is 485 g/mol. The minimum absolute atomic E-state index is 0.189. The number of aromatic nitrogens is 3. The van der Waals surface area contributed by atoms with Gasteiger partial charge in [0, 0.05) is 31.4 Å². The van der Waals surface area contributed by atoms with E-state index in [0.717, 1.165) is 37.7 Å². The summed E-state index contributed by atoms with van der Waals surface area (Å²) in [6, 6.07) is 9.62. The number of anilines is 3. The summed E-state index contributed by atoms with van der Waals surface area (Å²) in [7, 11) is 0. The van der Waals surface area contributed by atoms with Crippen molar-refractivity contribution in [1.29, 1.82) is 0 Å². The number of nitrogens with one attached hydrogen (secondary N) is 2. The molecule has 4 aromatic rings. The van der Waals surface area contributed by atoms with Gasteiger partial charge in [-0.05, 0) is 48.7 Å². The molecule has 0 aliphatic carbocycles. The maximum atomic E-state index is 13.5. The van der Waals surface area contributed by atoms with Crippen LogP contribution in [0.4, 0.5) is 30.4 Å². The van der Waals surface area contributed by atoms with Crippen LogP contribution in [0.1, 0.15) is 34.3 Å². The van der Waals surface area contributed by atoms with Crippen molar-refractivity contribution in [2.45, 2.75) is 31.7 Å². The Labute approximate surface area is 209 Å².